The maximum Gasteiger partial charge on any atom is 0.338 e. The van der Waals surface area contributed by atoms with Gasteiger partial charge in [-0.3, -0.25) is 0 Å². The molecule has 0 radical (unpaired) electrons. The van der Waals surface area contributed by atoms with Crippen molar-refractivity contribution in [2.45, 2.75) is 26.8 Å². The van der Waals surface area contributed by atoms with Crippen LogP contribution in [-0.2, 0) is 19.1 Å². The number of hydrogen-bond donors (Lipinski definition) is 2. The highest BCUT2D eigenvalue weighted by Crippen LogP contribution is 2.30. The molecule has 0 aliphatic carbocycles. The maximum atomic E-state index is 12.7. The van der Waals surface area contributed by atoms with Gasteiger partial charge in [0, 0.05) is 6.08 Å². The fourth-order valence-electron chi connectivity index (χ4n) is 3.42. The van der Waals surface area contributed by atoms with Crippen molar-refractivity contribution in [1.82, 2.24) is 10.6 Å². The first-order valence-electron chi connectivity index (χ1n) is 11.1. The number of furan rings is 1. The Morgan fingerprint density at radius 1 is 1.09 bits per heavy atom. The van der Waals surface area contributed by atoms with E-state index in [0.717, 1.165) is 0 Å². The first-order valence-corrected chi connectivity index (χ1v) is 11.1. The summed E-state index contributed by atoms with van der Waals surface area (Å²) in [6.45, 7) is 5.55. The average molecular weight is 485 g/mol. The van der Waals surface area contributed by atoms with Crippen LogP contribution in [0.3, 0.4) is 0 Å². The van der Waals surface area contributed by atoms with E-state index < -0.39 is 24.0 Å². The van der Waals surface area contributed by atoms with Crippen molar-refractivity contribution in [2.75, 3.05) is 26.9 Å². The monoisotopic (exact) mass is 484 g/mol. The van der Waals surface area contributed by atoms with E-state index >= 15 is 0 Å². The smallest absolute Gasteiger partial charge is 0.338 e. The lowest BCUT2D eigenvalue weighted by Gasteiger charge is -2.27. The Morgan fingerprint density at radius 2 is 1.89 bits per heavy atom. The topological polar surface area (TPSA) is 125 Å². The van der Waals surface area contributed by atoms with Crippen molar-refractivity contribution >= 4 is 24.0 Å². The molecule has 10 nitrogen and oxygen atoms in total. The molecule has 10 heteroatoms. The van der Waals surface area contributed by atoms with Crippen LogP contribution in [0, 0.1) is 6.92 Å². The molecule has 0 unspecified atom stereocenters. The minimum Gasteiger partial charge on any atom is -0.493 e. The van der Waals surface area contributed by atoms with Gasteiger partial charge in [0.15, 0.2) is 11.5 Å². The van der Waals surface area contributed by atoms with Gasteiger partial charge in [-0.2, -0.15) is 0 Å². The minimum absolute atomic E-state index is 0.0915. The molecule has 0 spiro atoms. The van der Waals surface area contributed by atoms with Crippen molar-refractivity contribution in [2.24, 2.45) is 0 Å². The van der Waals surface area contributed by atoms with Gasteiger partial charge in [0.1, 0.15) is 24.2 Å². The molecule has 1 aliphatic heterocycles. The number of ether oxygens (including phenoxy) is 4. The number of methoxy groups -OCH3 is 1. The van der Waals surface area contributed by atoms with Crippen molar-refractivity contribution < 1.29 is 37.7 Å². The van der Waals surface area contributed by atoms with Crippen LogP contribution in [0.1, 0.15) is 37.0 Å². The maximum absolute atomic E-state index is 12.7. The Morgan fingerprint density at radius 3 is 2.54 bits per heavy atom. The Hall–Kier alpha value is -4.21. The molecule has 0 saturated heterocycles. The number of carbonyl (C=O) groups is 3. The van der Waals surface area contributed by atoms with E-state index in [0.29, 0.717) is 35.2 Å². The van der Waals surface area contributed by atoms with E-state index in [-0.39, 0.29) is 24.5 Å². The number of urea groups is 1. The van der Waals surface area contributed by atoms with Crippen molar-refractivity contribution in [1.29, 1.82) is 0 Å². The van der Waals surface area contributed by atoms with E-state index in [2.05, 4.69) is 10.6 Å². The van der Waals surface area contributed by atoms with E-state index in [4.69, 9.17) is 23.4 Å². The molecule has 2 aromatic rings. The summed E-state index contributed by atoms with van der Waals surface area (Å²) < 4.78 is 26.9. The zero-order valence-electron chi connectivity index (χ0n) is 20.0. The number of carbonyl (C=O) groups excluding carboxylic acids is 3. The molecule has 1 aromatic carbocycles. The highest BCUT2D eigenvalue weighted by atomic mass is 16.5. The molecule has 3 rings (SSSR count). The van der Waals surface area contributed by atoms with Crippen molar-refractivity contribution in [3.63, 3.8) is 0 Å². The van der Waals surface area contributed by atoms with Crippen molar-refractivity contribution in [3.05, 3.63) is 64.8 Å². The SMILES string of the molecule is CCOC(=O)C1=C(COC(=O)/C=C/c2ccc(OCC)c(OC)c2)NC(=O)N[C@H]1c1ccc(C)o1. The average Bonchev–Trinajstić information content (AvgIpc) is 3.28. The van der Waals surface area contributed by atoms with Gasteiger partial charge in [0.25, 0.3) is 0 Å². The molecular weight excluding hydrogens is 456 g/mol. The summed E-state index contributed by atoms with van der Waals surface area (Å²) in [5.41, 5.74) is 0.890. The number of rotatable bonds is 10. The molecular formula is C25H28N2O8. The zero-order chi connectivity index (χ0) is 25.4. The summed E-state index contributed by atoms with van der Waals surface area (Å²) in [4.78, 5) is 37.3. The molecule has 2 heterocycles. The molecule has 1 aromatic heterocycles. The van der Waals surface area contributed by atoms with E-state index in [1.165, 1.54) is 13.2 Å². The van der Waals surface area contributed by atoms with Gasteiger partial charge in [-0.15, -0.1) is 0 Å². The van der Waals surface area contributed by atoms with Gasteiger partial charge < -0.3 is 34.0 Å². The minimum atomic E-state index is -0.892. The molecule has 2 amide bonds. The second-order valence-corrected chi connectivity index (χ2v) is 7.38. The molecule has 1 aliphatic rings. The highest BCUT2D eigenvalue weighted by Gasteiger charge is 2.35. The molecule has 0 bridgehead atoms. The van der Waals surface area contributed by atoms with Gasteiger partial charge in [0.05, 0.1) is 31.6 Å². The van der Waals surface area contributed by atoms with E-state index in [1.807, 2.05) is 6.92 Å². The number of aryl methyl sites for hydroxylation is 1. The Kier molecular flexibility index (Phi) is 8.55. The Bertz CT molecular complexity index is 1150. The van der Waals surface area contributed by atoms with Crippen LogP contribution in [0.25, 0.3) is 6.08 Å². The molecule has 0 saturated carbocycles. The lowest BCUT2D eigenvalue weighted by Crippen LogP contribution is -2.47. The molecule has 0 fully saturated rings. The largest absolute Gasteiger partial charge is 0.493 e. The molecule has 35 heavy (non-hydrogen) atoms. The van der Waals surface area contributed by atoms with Crippen LogP contribution >= 0.6 is 0 Å². The Balaban J connectivity index is 1.77. The quantitative estimate of drug-likeness (QED) is 0.388. The first kappa shape index (κ1) is 25.4. The second-order valence-electron chi connectivity index (χ2n) is 7.38. The summed E-state index contributed by atoms with van der Waals surface area (Å²) >= 11 is 0. The normalized spacial score (nSPS) is 15.4. The van der Waals surface area contributed by atoms with Gasteiger partial charge in [-0.05, 0) is 56.7 Å². The fraction of sp³-hybridized carbons (Fsp3) is 0.320. The number of amides is 2. The third kappa shape index (κ3) is 6.44. The van der Waals surface area contributed by atoms with Gasteiger partial charge in [0.2, 0.25) is 0 Å². The van der Waals surface area contributed by atoms with Crippen LogP contribution in [-0.4, -0.2) is 44.9 Å². The van der Waals surface area contributed by atoms with Gasteiger partial charge in [-0.25, -0.2) is 14.4 Å². The lowest BCUT2D eigenvalue weighted by atomic mass is 10.0. The number of benzene rings is 1. The summed E-state index contributed by atoms with van der Waals surface area (Å²) in [6, 6.07) is 7.14. The third-order valence-electron chi connectivity index (χ3n) is 4.95. The first-order chi connectivity index (χ1) is 16.9. The fourth-order valence-corrected chi connectivity index (χ4v) is 3.42. The zero-order valence-corrected chi connectivity index (χ0v) is 20.0. The summed E-state index contributed by atoms with van der Waals surface area (Å²) in [5.74, 6) is 0.752. The summed E-state index contributed by atoms with van der Waals surface area (Å²) in [6.07, 6.45) is 2.78. The van der Waals surface area contributed by atoms with E-state index in [1.54, 1.807) is 50.3 Å². The molecule has 2 N–H and O–H groups in total. The number of hydrogen-bond acceptors (Lipinski definition) is 8. The number of nitrogens with one attached hydrogen (secondary N) is 2. The van der Waals surface area contributed by atoms with Crippen LogP contribution in [0.4, 0.5) is 4.79 Å². The van der Waals surface area contributed by atoms with Crippen LogP contribution < -0.4 is 20.1 Å². The van der Waals surface area contributed by atoms with Gasteiger partial charge >= 0.3 is 18.0 Å². The highest BCUT2D eigenvalue weighted by molar-refractivity contribution is 5.95. The summed E-state index contributed by atoms with van der Waals surface area (Å²) in [7, 11) is 1.53. The number of esters is 2. The standard InChI is InChI=1S/C25H28N2O8/c1-5-32-18-11-8-16(13-20(18)31-4)9-12-21(28)34-14-17-22(24(29)33-6-2)23(27-25(30)26-17)19-10-7-15(3)35-19/h7-13,23H,5-6,14H2,1-4H3,(H2,26,27,30)/b12-9+/t23-/m0/s1. The summed E-state index contributed by atoms with van der Waals surface area (Å²) in [5, 5.41) is 5.17. The predicted octanol–water partition coefficient (Wildman–Crippen LogP) is 3.42. The van der Waals surface area contributed by atoms with Crippen LogP contribution in [0.2, 0.25) is 0 Å². The second kappa shape index (κ2) is 11.8. The lowest BCUT2D eigenvalue weighted by molar-refractivity contribution is -0.140. The van der Waals surface area contributed by atoms with Gasteiger partial charge in [-0.1, -0.05) is 6.07 Å². The molecule has 1 atom stereocenters. The van der Waals surface area contributed by atoms with E-state index in [9.17, 15) is 14.4 Å². The van der Waals surface area contributed by atoms with Crippen LogP contribution in [0.5, 0.6) is 11.5 Å². The molecule has 186 valence electrons. The Labute approximate surface area is 202 Å². The van der Waals surface area contributed by atoms with Crippen LogP contribution in [0.15, 0.2) is 52.1 Å². The third-order valence-corrected chi connectivity index (χ3v) is 4.95. The predicted molar refractivity (Wildman–Crippen MR) is 126 cm³/mol. The van der Waals surface area contributed by atoms with Crippen molar-refractivity contribution in [3.8, 4) is 11.5 Å².